The molecule has 1 aromatic rings. The Bertz CT molecular complexity index is 288. The summed E-state index contributed by atoms with van der Waals surface area (Å²) in [5.41, 5.74) is 7.83. The topological polar surface area (TPSA) is 46.2 Å². The number of hydrogen-bond acceptors (Lipinski definition) is 2. The Labute approximate surface area is 83.3 Å². The lowest BCUT2D eigenvalue weighted by Gasteiger charge is -2.11. The normalized spacial score (nSPS) is 12.9. The fraction of sp³-hybridized carbons (Fsp3) is 0.400. The Morgan fingerprint density at radius 1 is 1.54 bits per heavy atom. The molecule has 1 aromatic carbocycles. The molecule has 0 bridgehead atoms. The summed E-state index contributed by atoms with van der Waals surface area (Å²) in [4.78, 5) is 0. The van der Waals surface area contributed by atoms with Crippen LogP contribution in [0.2, 0.25) is 5.02 Å². The third-order valence-corrected chi connectivity index (χ3v) is 2.47. The molecule has 0 heterocycles. The van der Waals surface area contributed by atoms with Crippen LogP contribution in [0.4, 0.5) is 0 Å². The Morgan fingerprint density at radius 2 is 2.23 bits per heavy atom. The zero-order chi connectivity index (χ0) is 9.84. The fourth-order valence-electron chi connectivity index (χ4n) is 1.15. The molecule has 3 heteroatoms. The van der Waals surface area contributed by atoms with Crippen molar-refractivity contribution in [3.63, 3.8) is 0 Å². The highest BCUT2D eigenvalue weighted by Gasteiger charge is 2.06. The van der Waals surface area contributed by atoms with E-state index in [4.69, 9.17) is 22.4 Å². The minimum atomic E-state index is -0.122. The molecule has 0 aliphatic rings. The molecule has 0 aliphatic carbocycles. The SMILES string of the molecule is Cc1ccc(C(N)CCO)cc1Cl. The lowest BCUT2D eigenvalue weighted by Crippen LogP contribution is -2.11. The van der Waals surface area contributed by atoms with Crippen molar-refractivity contribution in [2.24, 2.45) is 5.73 Å². The summed E-state index contributed by atoms with van der Waals surface area (Å²) in [6.45, 7) is 2.05. The van der Waals surface area contributed by atoms with Crippen molar-refractivity contribution >= 4 is 11.6 Å². The molecule has 1 unspecified atom stereocenters. The van der Waals surface area contributed by atoms with Gasteiger partial charge in [-0.3, -0.25) is 0 Å². The molecule has 1 rings (SSSR count). The van der Waals surface area contributed by atoms with Crippen molar-refractivity contribution in [3.8, 4) is 0 Å². The lowest BCUT2D eigenvalue weighted by molar-refractivity contribution is 0.276. The average molecular weight is 200 g/mol. The number of hydrogen-bond donors (Lipinski definition) is 2. The van der Waals surface area contributed by atoms with Crippen molar-refractivity contribution < 1.29 is 5.11 Å². The summed E-state index contributed by atoms with van der Waals surface area (Å²) < 4.78 is 0. The van der Waals surface area contributed by atoms with Gasteiger partial charge in [-0.05, 0) is 30.5 Å². The van der Waals surface area contributed by atoms with Crippen LogP contribution < -0.4 is 5.73 Å². The first-order chi connectivity index (χ1) is 6.15. The van der Waals surface area contributed by atoms with Gasteiger partial charge in [0.05, 0.1) is 0 Å². The summed E-state index contributed by atoms with van der Waals surface area (Å²) in [6.07, 6.45) is 0.569. The number of benzene rings is 1. The van der Waals surface area contributed by atoms with Gasteiger partial charge in [0.2, 0.25) is 0 Å². The van der Waals surface area contributed by atoms with E-state index in [-0.39, 0.29) is 12.6 Å². The molecule has 0 radical (unpaired) electrons. The Morgan fingerprint density at radius 3 is 2.77 bits per heavy atom. The first-order valence-electron chi connectivity index (χ1n) is 4.27. The molecule has 0 fully saturated rings. The van der Waals surface area contributed by atoms with Crippen molar-refractivity contribution in [3.05, 3.63) is 34.3 Å². The smallest absolute Gasteiger partial charge is 0.0449 e. The van der Waals surface area contributed by atoms with Crippen LogP contribution in [0.3, 0.4) is 0 Å². The zero-order valence-electron chi connectivity index (χ0n) is 7.63. The van der Waals surface area contributed by atoms with Gasteiger partial charge in [-0.25, -0.2) is 0 Å². The van der Waals surface area contributed by atoms with Crippen LogP contribution in [-0.2, 0) is 0 Å². The van der Waals surface area contributed by atoms with E-state index in [9.17, 15) is 0 Å². The van der Waals surface area contributed by atoms with E-state index in [1.165, 1.54) is 0 Å². The van der Waals surface area contributed by atoms with Crippen LogP contribution in [0, 0.1) is 6.92 Å². The second-order valence-electron chi connectivity index (χ2n) is 3.13. The Hall–Kier alpha value is -0.570. The summed E-state index contributed by atoms with van der Waals surface area (Å²) in [7, 11) is 0. The highest BCUT2D eigenvalue weighted by molar-refractivity contribution is 6.31. The van der Waals surface area contributed by atoms with Gasteiger partial charge in [-0.2, -0.15) is 0 Å². The summed E-state index contributed by atoms with van der Waals surface area (Å²) >= 11 is 5.94. The van der Waals surface area contributed by atoms with Gasteiger partial charge in [0.15, 0.2) is 0 Å². The third-order valence-electron chi connectivity index (χ3n) is 2.06. The molecular formula is C10H14ClNO. The van der Waals surface area contributed by atoms with E-state index in [0.29, 0.717) is 6.42 Å². The van der Waals surface area contributed by atoms with Crippen molar-refractivity contribution in [2.45, 2.75) is 19.4 Å². The molecule has 0 spiro atoms. The Balaban J connectivity index is 2.84. The van der Waals surface area contributed by atoms with Crippen molar-refractivity contribution in [1.82, 2.24) is 0 Å². The third kappa shape index (κ3) is 2.69. The molecule has 0 amide bonds. The average Bonchev–Trinajstić information content (AvgIpc) is 2.10. The van der Waals surface area contributed by atoms with Crippen LogP contribution in [0.15, 0.2) is 18.2 Å². The van der Waals surface area contributed by atoms with Crippen molar-refractivity contribution in [2.75, 3.05) is 6.61 Å². The van der Waals surface area contributed by atoms with E-state index in [0.717, 1.165) is 16.1 Å². The van der Waals surface area contributed by atoms with Crippen LogP contribution in [-0.4, -0.2) is 11.7 Å². The number of halogens is 1. The second-order valence-corrected chi connectivity index (χ2v) is 3.53. The number of aryl methyl sites for hydroxylation is 1. The molecule has 1 atom stereocenters. The maximum absolute atomic E-state index is 8.71. The summed E-state index contributed by atoms with van der Waals surface area (Å²) in [5.74, 6) is 0. The van der Waals surface area contributed by atoms with E-state index in [1.807, 2.05) is 25.1 Å². The Kier molecular flexibility index (Phi) is 3.72. The number of nitrogens with two attached hydrogens (primary N) is 1. The molecule has 72 valence electrons. The van der Waals surface area contributed by atoms with Gasteiger partial charge >= 0.3 is 0 Å². The highest BCUT2D eigenvalue weighted by atomic mass is 35.5. The molecule has 0 aliphatic heterocycles. The molecule has 13 heavy (non-hydrogen) atoms. The molecular weight excluding hydrogens is 186 g/mol. The second kappa shape index (κ2) is 4.61. The monoisotopic (exact) mass is 199 g/mol. The lowest BCUT2D eigenvalue weighted by atomic mass is 10.0. The predicted octanol–water partition coefficient (Wildman–Crippen LogP) is 2.03. The first-order valence-corrected chi connectivity index (χ1v) is 4.65. The van der Waals surface area contributed by atoms with E-state index in [1.54, 1.807) is 0 Å². The van der Waals surface area contributed by atoms with Gasteiger partial charge in [0.25, 0.3) is 0 Å². The van der Waals surface area contributed by atoms with Gasteiger partial charge in [0, 0.05) is 17.7 Å². The molecule has 0 saturated carbocycles. The number of aliphatic hydroxyl groups excluding tert-OH is 1. The van der Waals surface area contributed by atoms with E-state index in [2.05, 4.69) is 0 Å². The van der Waals surface area contributed by atoms with Crippen molar-refractivity contribution in [1.29, 1.82) is 0 Å². The standard InChI is InChI=1S/C10H14ClNO/c1-7-2-3-8(6-9(7)11)10(12)4-5-13/h2-3,6,10,13H,4-5,12H2,1H3. The van der Waals surface area contributed by atoms with Crippen LogP contribution in [0.25, 0.3) is 0 Å². The van der Waals surface area contributed by atoms with Crippen LogP contribution >= 0.6 is 11.6 Å². The molecule has 3 N–H and O–H groups in total. The minimum absolute atomic E-state index is 0.104. The minimum Gasteiger partial charge on any atom is -0.396 e. The van der Waals surface area contributed by atoms with Crippen LogP contribution in [0.1, 0.15) is 23.6 Å². The summed E-state index contributed by atoms with van der Waals surface area (Å²) in [5, 5.41) is 9.44. The predicted molar refractivity (Wildman–Crippen MR) is 54.8 cm³/mol. The highest BCUT2D eigenvalue weighted by Crippen LogP contribution is 2.21. The molecule has 0 saturated heterocycles. The maximum atomic E-state index is 8.71. The van der Waals surface area contributed by atoms with E-state index >= 15 is 0 Å². The van der Waals surface area contributed by atoms with Crippen LogP contribution in [0.5, 0.6) is 0 Å². The zero-order valence-corrected chi connectivity index (χ0v) is 8.38. The molecule has 0 aromatic heterocycles. The van der Waals surface area contributed by atoms with Gasteiger partial charge in [0.1, 0.15) is 0 Å². The molecule has 2 nitrogen and oxygen atoms in total. The van der Waals surface area contributed by atoms with E-state index < -0.39 is 0 Å². The fourth-order valence-corrected chi connectivity index (χ4v) is 1.33. The first kappa shape index (κ1) is 10.5. The largest absolute Gasteiger partial charge is 0.396 e. The number of rotatable bonds is 3. The maximum Gasteiger partial charge on any atom is 0.0449 e. The van der Waals surface area contributed by atoms with Gasteiger partial charge in [-0.15, -0.1) is 0 Å². The number of aliphatic hydroxyl groups is 1. The van der Waals surface area contributed by atoms with Gasteiger partial charge < -0.3 is 10.8 Å². The quantitative estimate of drug-likeness (QED) is 0.783. The summed E-state index contributed by atoms with van der Waals surface area (Å²) in [6, 6.07) is 5.62. The van der Waals surface area contributed by atoms with Gasteiger partial charge in [-0.1, -0.05) is 23.7 Å².